The minimum Gasteiger partial charge on any atom is -0.381 e. The van der Waals surface area contributed by atoms with Crippen LogP contribution in [0.3, 0.4) is 0 Å². The third kappa shape index (κ3) is 4.09. The summed E-state index contributed by atoms with van der Waals surface area (Å²) in [6, 6.07) is 13.1. The second-order valence-corrected chi connectivity index (χ2v) is 7.00. The number of halogens is 1. The number of rotatable bonds is 7. The molecule has 0 saturated heterocycles. The Hall–Kier alpha value is -1.92. The molecule has 2 aromatic rings. The van der Waals surface area contributed by atoms with E-state index in [1.54, 1.807) is 42.5 Å². The number of hydrogen-bond donors (Lipinski definition) is 1. The van der Waals surface area contributed by atoms with Crippen molar-refractivity contribution in [2.45, 2.75) is 25.3 Å². The van der Waals surface area contributed by atoms with Crippen LogP contribution >= 0.6 is 0 Å². The first-order valence-electron chi connectivity index (χ1n) is 7.56. The zero-order chi connectivity index (χ0) is 16.9. The third-order valence-electron chi connectivity index (χ3n) is 3.64. The number of anilines is 1. The van der Waals surface area contributed by atoms with E-state index in [1.165, 1.54) is 10.4 Å². The molecule has 0 aliphatic rings. The molecule has 0 spiro atoms. The van der Waals surface area contributed by atoms with Gasteiger partial charge < -0.3 is 5.32 Å². The fraction of sp³-hybridized carbons (Fsp3) is 0.294. The first-order chi connectivity index (χ1) is 11.0. The molecule has 0 bridgehead atoms. The van der Waals surface area contributed by atoms with Crippen LogP contribution in [0.4, 0.5) is 10.1 Å². The highest BCUT2D eigenvalue weighted by Gasteiger charge is 2.21. The van der Waals surface area contributed by atoms with Crippen molar-refractivity contribution >= 4 is 15.7 Å². The maximum Gasteiger partial charge on any atom is 0.243 e. The molecule has 0 amide bonds. The lowest BCUT2D eigenvalue weighted by Crippen LogP contribution is -2.30. The Kier molecular flexibility index (Phi) is 5.74. The summed E-state index contributed by atoms with van der Waals surface area (Å²) in [4.78, 5) is 0.262. The SMILES string of the molecule is CCN(CC)S(=O)(=O)c1ccc(NCc2ccccc2F)cc1. The van der Waals surface area contributed by atoms with E-state index < -0.39 is 10.0 Å². The van der Waals surface area contributed by atoms with Gasteiger partial charge in [-0.15, -0.1) is 0 Å². The molecule has 0 atom stereocenters. The van der Waals surface area contributed by atoms with Gasteiger partial charge in [-0.25, -0.2) is 12.8 Å². The van der Waals surface area contributed by atoms with Crippen molar-refractivity contribution in [2.75, 3.05) is 18.4 Å². The average molecular weight is 336 g/mol. The summed E-state index contributed by atoms with van der Waals surface area (Å²) >= 11 is 0. The lowest BCUT2D eigenvalue weighted by atomic mass is 10.2. The summed E-state index contributed by atoms with van der Waals surface area (Å²) in [7, 11) is -3.45. The van der Waals surface area contributed by atoms with Gasteiger partial charge in [0, 0.05) is 30.9 Å². The monoisotopic (exact) mass is 336 g/mol. The van der Waals surface area contributed by atoms with Gasteiger partial charge in [0.05, 0.1) is 4.90 Å². The molecule has 0 saturated carbocycles. The summed E-state index contributed by atoms with van der Waals surface area (Å²) in [5.41, 5.74) is 1.30. The second-order valence-electron chi connectivity index (χ2n) is 5.06. The van der Waals surface area contributed by atoms with Gasteiger partial charge in [-0.1, -0.05) is 32.0 Å². The molecule has 0 aliphatic carbocycles. The highest BCUT2D eigenvalue weighted by Crippen LogP contribution is 2.19. The van der Waals surface area contributed by atoms with Gasteiger partial charge in [0.25, 0.3) is 0 Å². The highest BCUT2D eigenvalue weighted by atomic mass is 32.2. The van der Waals surface area contributed by atoms with Crippen LogP contribution in [0.5, 0.6) is 0 Å². The predicted octanol–water partition coefficient (Wildman–Crippen LogP) is 3.47. The molecular formula is C17H21FN2O2S. The van der Waals surface area contributed by atoms with Gasteiger partial charge in [-0.05, 0) is 30.3 Å². The first kappa shape index (κ1) is 17.4. The molecule has 6 heteroatoms. The summed E-state index contributed by atoms with van der Waals surface area (Å²) in [6.07, 6.45) is 0. The normalized spacial score (nSPS) is 11.7. The van der Waals surface area contributed by atoms with Crippen molar-refractivity contribution in [1.82, 2.24) is 4.31 Å². The zero-order valence-corrected chi connectivity index (χ0v) is 14.1. The highest BCUT2D eigenvalue weighted by molar-refractivity contribution is 7.89. The Labute approximate surface area is 137 Å². The van der Waals surface area contributed by atoms with Crippen molar-refractivity contribution < 1.29 is 12.8 Å². The average Bonchev–Trinajstić information content (AvgIpc) is 2.55. The van der Waals surface area contributed by atoms with Crippen LogP contribution in [-0.4, -0.2) is 25.8 Å². The molecule has 0 radical (unpaired) electrons. The third-order valence-corrected chi connectivity index (χ3v) is 5.70. The Bertz CT molecular complexity index is 741. The maximum absolute atomic E-state index is 13.6. The van der Waals surface area contributed by atoms with Crippen molar-refractivity contribution in [3.63, 3.8) is 0 Å². The molecule has 1 N–H and O–H groups in total. The minimum atomic E-state index is -3.45. The van der Waals surface area contributed by atoms with E-state index in [0.29, 0.717) is 25.2 Å². The summed E-state index contributed by atoms with van der Waals surface area (Å²) in [6.45, 7) is 4.84. The fourth-order valence-electron chi connectivity index (χ4n) is 2.30. The molecular weight excluding hydrogens is 315 g/mol. The Morgan fingerprint density at radius 3 is 2.17 bits per heavy atom. The van der Waals surface area contributed by atoms with Crippen molar-refractivity contribution in [1.29, 1.82) is 0 Å². The van der Waals surface area contributed by atoms with Crippen LogP contribution < -0.4 is 5.32 Å². The molecule has 0 fully saturated rings. The zero-order valence-electron chi connectivity index (χ0n) is 13.3. The standard InChI is InChI=1S/C17H21FN2O2S/c1-3-20(4-2)23(21,22)16-11-9-15(10-12-16)19-13-14-7-5-6-8-17(14)18/h5-12,19H,3-4,13H2,1-2H3. The van der Waals surface area contributed by atoms with Crippen LogP contribution in [0.1, 0.15) is 19.4 Å². The largest absolute Gasteiger partial charge is 0.381 e. The molecule has 2 aromatic carbocycles. The molecule has 0 aliphatic heterocycles. The van der Waals surface area contributed by atoms with Gasteiger partial charge in [0.15, 0.2) is 0 Å². The van der Waals surface area contributed by atoms with Gasteiger partial charge in [-0.2, -0.15) is 4.31 Å². The lowest BCUT2D eigenvalue weighted by molar-refractivity contribution is 0.445. The van der Waals surface area contributed by atoms with E-state index in [-0.39, 0.29) is 10.7 Å². The van der Waals surface area contributed by atoms with Gasteiger partial charge in [0.1, 0.15) is 5.82 Å². The van der Waals surface area contributed by atoms with Gasteiger partial charge in [0.2, 0.25) is 10.0 Å². The van der Waals surface area contributed by atoms with Crippen LogP contribution in [0.2, 0.25) is 0 Å². The van der Waals surface area contributed by atoms with E-state index in [0.717, 1.165) is 5.69 Å². The minimum absolute atomic E-state index is 0.262. The summed E-state index contributed by atoms with van der Waals surface area (Å²) < 4.78 is 39.7. The van der Waals surface area contributed by atoms with Crippen LogP contribution in [0.25, 0.3) is 0 Å². The molecule has 0 aromatic heterocycles. The second kappa shape index (κ2) is 7.57. The molecule has 124 valence electrons. The molecule has 23 heavy (non-hydrogen) atoms. The van der Waals surface area contributed by atoms with Crippen molar-refractivity contribution in [3.8, 4) is 0 Å². The maximum atomic E-state index is 13.6. The Morgan fingerprint density at radius 2 is 1.61 bits per heavy atom. The van der Waals surface area contributed by atoms with E-state index in [4.69, 9.17) is 0 Å². The van der Waals surface area contributed by atoms with E-state index in [1.807, 2.05) is 13.8 Å². The van der Waals surface area contributed by atoms with E-state index in [2.05, 4.69) is 5.32 Å². The lowest BCUT2D eigenvalue weighted by Gasteiger charge is -2.18. The topological polar surface area (TPSA) is 49.4 Å². The Balaban J connectivity index is 2.09. The first-order valence-corrected chi connectivity index (χ1v) is 9.00. The van der Waals surface area contributed by atoms with Crippen LogP contribution in [0, 0.1) is 5.82 Å². The summed E-state index contributed by atoms with van der Waals surface area (Å²) in [5.74, 6) is -0.263. The molecule has 0 unspecified atom stereocenters. The smallest absolute Gasteiger partial charge is 0.243 e. The van der Waals surface area contributed by atoms with Gasteiger partial charge >= 0.3 is 0 Å². The number of benzene rings is 2. The number of nitrogens with one attached hydrogen (secondary N) is 1. The number of sulfonamides is 1. The predicted molar refractivity (Wildman–Crippen MR) is 90.3 cm³/mol. The van der Waals surface area contributed by atoms with E-state index in [9.17, 15) is 12.8 Å². The summed E-state index contributed by atoms with van der Waals surface area (Å²) in [5, 5.41) is 3.09. The molecule has 4 nitrogen and oxygen atoms in total. The fourth-order valence-corrected chi connectivity index (χ4v) is 3.75. The van der Waals surface area contributed by atoms with Crippen molar-refractivity contribution in [3.05, 3.63) is 59.9 Å². The number of nitrogens with zero attached hydrogens (tertiary/aromatic N) is 1. The van der Waals surface area contributed by atoms with Crippen LogP contribution in [-0.2, 0) is 16.6 Å². The number of hydrogen-bond acceptors (Lipinski definition) is 3. The molecule has 2 rings (SSSR count). The van der Waals surface area contributed by atoms with Crippen molar-refractivity contribution in [2.24, 2.45) is 0 Å². The van der Waals surface area contributed by atoms with Gasteiger partial charge in [-0.3, -0.25) is 0 Å². The molecule has 0 heterocycles. The quantitative estimate of drug-likeness (QED) is 0.842. The van der Waals surface area contributed by atoms with Crippen LogP contribution in [0.15, 0.2) is 53.4 Å². The Morgan fingerprint density at radius 1 is 1.00 bits per heavy atom. The van der Waals surface area contributed by atoms with E-state index >= 15 is 0 Å².